The van der Waals surface area contributed by atoms with Gasteiger partial charge in [-0.3, -0.25) is 4.99 Å². The molecule has 0 atom stereocenters. The van der Waals surface area contributed by atoms with Gasteiger partial charge in [0.2, 0.25) is 5.96 Å². The largest absolute Gasteiger partial charge is 0.369 e. The van der Waals surface area contributed by atoms with E-state index in [-0.39, 0.29) is 0 Å². The molecule has 0 fully saturated rings. The third-order valence-electron chi connectivity index (χ3n) is 3.31. The van der Waals surface area contributed by atoms with E-state index in [0.717, 1.165) is 28.8 Å². The minimum Gasteiger partial charge on any atom is -0.369 e. The number of hydrogen-bond acceptors (Lipinski definition) is 2. The number of para-hydroxylation sites is 1. The van der Waals surface area contributed by atoms with Crippen LogP contribution in [0.1, 0.15) is 31.9 Å². The predicted octanol–water partition coefficient (Wildman–Crippen LogP) is 3.67. The smallest absolute Gasteiger partial charge is 0.209 e. The van der Waals surface area contributed by atoms with Gasteiger partial charge in [-0.25, -0.2) is 5.43 Å². The maximum Gasteiger partial charge on any atom is 0.209 e. The summed E-state index contributed by atoms with van der Waals surface area (Å²) in [7, 11) is 0. The molecule has 0 aliphatic heterocycles. The fraction of sp³-hybridized carbons (Fsp3) is 0.294. The number of aliphatic imine (C=N–C) groups is 1. The highest BCUT2D eigenvalue weighted by molar-refractivity contribution is 9.10. The number of halogens is 1. The summed E-state index contributed by atoms with van der Waals surface area (Å²) in [5.41, 5.74) is 10.5. The number of benzene rings is 1. The van der Waals surface area contributed by atoms with Crippen LogP contribution in [0.5, 0.6) is 0 Å². The first kappa shape index (κ1) is 17.3. The van der Waals surface area contributed by atoms with Crippen LogP contribution in [0.15, 0.2) is 57.2 Å². The van der Waals surface area contributed by atoms with E-state index in [4.69, 9.17) is 5.73 Å². The lowest BCUT2D eigenvalue weighted by Crippen LogP contribution is -2.27. The predicted molar refractivity (Wildman–Crippen MR) is 100 cm³/mol. The minimum atomic E-state index is 0.344. The summed E-state index contributed by atoms with van der Waals surface area (Å²) in [5.74, 6) is 0.344. The van der Waals surface area contributed by atoms with E-state index in [1.807, 2.05) is 47.2 Å². The van der Waals surface area contributed by atoms with Crippen molar-refractivity contribution in [3.63, 3.8) is 0 Å². The molecule has 3 N–H and O–H groups in total. The highest BCUT2D eigenvalue weighted by Gasteiger charge is 2.04. The topological polar surface area (TPSA) is 67.7 Å². The molecule has 23 heavy (non-hydrogen) atoms. The fourth-order valence-electron chi connectivity index (χ4n) is 2.13. The molecule has 2 aromatic rings. The molecule has 1 aromatic heterocycles. The van der Waals surface area contributed by atoms with Gasteiger partial charge in [-0.15, -0.1) is 0 Å². The molecular formula is C17H22BrN5. The Balaban J connectivity index is 1.99. The van der Waals surface area contributed by atoms with Gasteiger partial charge in [0.05, 0.1) is 17.6 Å². The van der Waals surface area contributed by atoms with Crippen LogP contribution in [-0.2, 0) is 0 Å². The summed E-state index contributed by atoms with van der Waals surface area (Å²) in [4.78, 5) is 4.23. The lowest BCUT2D eigenvalue weighted by molar-refractivity contribution is 0.725. The lowest BCUT2D eigenvalue weighted by atomic mass is 10.2. The third kappa shape index (κ3) is 5.25. The molecular weight excluding hydrogens is 354 g/mol. The molecule has 0 unspecified atom stereocenters. The van der Waals surface area contributed by atoms with Crippen LogP contribution in [0.2, 0.25) is 0 Å². The standard InChI is InChI=1S/C17H22BrN5/c1-2-3-6-11-20-17(19)22-21-13-14-8-7-12-23(14)16-10-5-4-9-15(16)18/h4-5,7-10,12-13H,2-3,6,11H2,1H3,(H3,19,20,22)/b21-13+. The second-order valence-electron chi connectivity index (χ2n) is 5.10. The number of rotatable bonds is 7. The molecule has 0 amide bonds. The summed E-state index contributed by atoms with van der Waals surface area (Å²) in [6.07, 6.45) is 7.11. The van der Waals surface area contributed by atoms with Gasteiger partial charge in [0.15, 0.2) is 0 Å². The highest BCUT2D eigenvalue weighted by Crippen LogP contribution is 2.21. The van der Waals surface area contributed by atoms with Crippen LogP contribution in [-0.4, -0.2) is 23.3 Å². The van der Waals surface area contributed by atoms with Gasteiger partial charge < -0.3 is 10.3 Å². The van der Waals surface area contributed by atoms with Gasteiger partial charge in [0, 0.05) is 17.2 Å². The summed E-state index contributed by atoms with van der Waals surface area (Å²) < 4.78 is 3.07. The van der Waals surface area contributed by atoms with Gasteiger partial charge >= 0.3 is 0 Å². The van der Waals surface area contributed by atoms with Crippen LogP contribution in [0.3, 0.4) is 0 Å². The van der Waals surface area contributed by atoms with Crippen molar-refractivity contribution >= 4 is 28.1 Å². The molecule has 0 radical (unpaired) electrons. The van der Waals surface area contributed by atoms with E-state index in [2.05, 4.69) is 38.4 Å². The number of guanidine groups is 1. The average Bonchev–Trinajstić information content (AvgIpc) is 3.00. The highest BCUT2D eigenvalue weighted by atomic mass is 79.9. The van der Waals surface area contributed by atoms with Gasteiger partial charge in [0.1, 0.15) is 0 Å². The van der Waals surface area contributed by atoms with E-state index in [0.29, 0.717) is 5.96 Å². The van der Waals surface area contributed by atoms with Crippen molar-refractivity contribution in [3.8, 4) is 5.69 Å². The average molecular weight is 376 g/mol. The Morgan fingerprint density at radius 3 is 2.87 bits per heavy atom. The number of hydrazone groups is 1. The van der Waals surface area contributed by atoms with Gasteiger partial charge in [-0.2, -0.15) is 5.10 Å². The second-order valence-corrected chi connectivity index (χ2v) is 5.95. The Hall–Kier alpha value is -2.08. The number of aromatic nitrogens is 1. The normalized spacial score (nSPS) is 12.0. The Morgan fingerprint density at radius 1 is 1.26 bits per heavy atom. The van der Waals surface area contributed by atoms with Crippen molar-refractivity contribution in [1.82, 2.24) is 9.99 Å². The van der Waals surface area contributed by atoms with E-state index in [1.54, 1.807) is 6.21 Å². The van der Waals surface area contributed by atoms with Crippen LogP contribution in [0, 0.1) is 0 Å². The fourth-order valence-corrected chi connectivity index (χ4v) is 2.60. The first-order valence-electron chi connectivity index (χ1n) is 7.73. The van der Waals surface area contributed by atoms with Crippen molar-refractivity contribution in [2.45, 2.75) is 26.2 Å². The second kappa shape index (κ2) is 9.15. The molecule has 5 nitrogen and oxygen atoms in total. The minimum absolute atomic E-state index is 0.344. The molecule has 122 valence electrons. The summed E-state index contributed by atoms with van der Waals surface area (Å²) in [6, 6.07) is 12.0. The SMILES string of the molecule is CCCCCN=C(N)N/N=C/c1cccn1-c1ccccc1Br. The van der Waals surface area contributed by atoms with E-state index in [9.17, 15) is 0 Å². The van der Waals surface area contributed by atoms with Crippen molar-refractivity contribution < 1.29 is 0 Å². The zero-order chi connectivity index (χ0) is 16.5. The van der Waals surface area contributed by atoms with Gasteiger partial charge in [-0.05, 0) is 46.6 Å². The molecule has 2 rings (SSSR count). The number of hydrogen-bond donors (Lipinski definition) is 2. The Labute approximate surface area is 145 Å². The maximum atomic E-state index is 5.78. The molecule has 0 bridgehead atoms. The van der Waals surface area contributed by atoms with E-state index < -0.39 is 0 Å². The summed E-state index contributed by atoms with van der Waals surface area (Å²) >= 11 is 3.56. The number of unbranched alkanes of at least 4 members (excludes halogenated alkanes) is 2. The first-order chi connectivity index (χ1) is 11.2. The van der Waals surface area contributed by atoms with Crippen molar-refractivity contribution in [2.75, 3.05) is 6.54 Å². The van der Waals surface area contributed by atoms with Crippen LogP contribution in [0.4, 0.5) is 0 Å². The summed E-state index contributed by atoms with van der Waals surface area (Å²) in [6.45, 7) is 2.89. The van der Waals surface area contributed by atoms with Crippen LogP contribution < -0.4 is 11.2 Å². The molecule has 1 aromatic carbocycles. The van der Waals surface area contributed by atoms with Crippen molar-refractivity contribution in [2.24, 2.45) is 15.8 Å². The molecule has 0 aliphatic rings. The molecule has 6 heteroatoms. The zero-order valence-electron chi connectivity index (χ0n) is 13.2. The Kier molecular flexibility index (Phi) is 6.87. The van der Waals surface area contributed by atoms with E-state index in [1.165, 1.54) is 12.8 Å². The molecule has 0 saturated heterocycles. The maximum absolute atomic E-state index is 5.78. The monoisotopic (exact) mass is 375 g/mol. The van der Waals surface area contributed by atoms with Crippen LogP contribution >= 0.6 is 15.9 Å². The zero-order valence-corrected chi connectivity index (χ0v) is 14.8. The number of nitrogens with two attached hydrogens (primary N) is 1. The third-order valence-corrected chi connectivity index (χ3v) is 3.98. The number of nitrogens with one attached hydrogen (secondary N) is 1. The summed E-state index contributed by atoms with van der Waals surface area (Å²) in [5, 5.41) is 4.16. The van der Waals surface area contributed by atoms with Gasteiger partial charge in [0.25, 0.3) is 0 Å². The quantitative estimate of drug-likeness (QED) is 0.335. The lowest BCUT2D eigenvalue weighted by Gasteiger charge is -2.08. The first-order valence-corrected chi connectivity index (χ1v) is 8.53. The van der Waals surface area contributed by atoms with Crippen LogP contribution in [0.25, 0.3) is 5.69 Å². The number of nitrogens with zero attached hydrogens (tertiary/aromatic N) is 3. The Morgan fingerprint density at radius 2 is 2.09 bits per heavy atom. The molecule has 0 saturated carbocycles. The van der Waals surface area contributed by atoms with E-state index >= 15 is 0 Å². The Bertz CT molecular complexity index is 675. The van der Waals surface area contributed by atoms with Gasteiger partial charge in [-0.1, -0.05) is 31.9 Å². The van der Waals surface area contributed by atoms with Crippen molar-refractivity contribution in [1.29, 1.82) is 0 Å². The molecule has 0 spiro atoms. The molecule has 0 aliphatic carbocycles. The van der Waals surface area contributed by atoms with Crippen molar-refractivity contribution in [3.05, 3.63) is 52.8 Å². The molecule has 1 heterocycles.